The highest BCUT2D eigenvalue weighted by atomic mass is 16.2. The van der Waals surface area contributed by atoms with Gasteiger partial charge in [0.1, 0.15) is 5.69 Å². The third kappa shape index (κ3) is 2.09. The molecule has 0 bridgehead atoms. The summed E-state index contributed by atoms with van der Waals surface area (Å²) in [6.07, 6.45) is 5.09. The Labute approximate surface area is 98.6 Å². The Kier molecular flexibility index (Phi) is 2.28. The van der Waals surface area contributed by atoms with E-state index < -0.39 is 0 Å². The van der Waals surface area contributed by atoms with Crippen LogP contribution in [0.4, 0.5) is 0 Å². The number of rotatable bonds is 4. The van der Waals surface area contributed by atoms with Gasteiger partial charge < -0.3 is 5.32 Å². The Balaban J connectivity index is 1.60. The molecule has 0 atom stereocenters. The van der Waals surface area contributed by atoms with E-state index in [1.807, 2.05) is 0 Å². The molecule has 0 spiro atoms. The van der Waals surface area contributed by atoms with Crippen molar-refractivity contribution in [3.63, 3.8) is 0 Å². The van der Waals surface area contributed by atoms with Crippen LogP contribution in [-0.2, 0) is 0 Å². The van der Waals surface area contributed by atoms with Crippen LogP contribution >= 0.6 is 0 Å². The molecule has 2 aliphatic carbocycles. The zero-order chi connectivity index (χ0) is 11.9. The summed E-state index contributed by atoms with van der Waals surface area (Å²) in [6, 6.07) is 2.76. The highest BCUT2D eigenvalue weighted by Gasteiger charge is 2.53. The normalized spacial score (nSPS) is 20.9. The lowest BCUT2D eigenvalue weighted by Crippen LogP contribution is -2.32. The van der Waals surface area contributed by atoms with Crippen molar-refractivity contribution in [2.45, 2.75) is 25.7 Å². The van der Waals surface area contributed by atoms with Gasteiger partial charge in [-0.2, -0.15) is 5.10 Å². The van der Waals surface area contributed by atoms with Crippen molar-refractivity contribution in [2.24, 2.45) is 11.3 Å². The topological polar surface area (TPSA) is 74.8 Å². The molecular formula is C12H15N3O2. The minimum atomic E-state index is -0.293. The smallest absolute Gasteiger partial charge is 0.271 e. The van der Waals surface area contributed by atoms with E-state index in [9.17, 15) is 9.59 Å². The molecule has 17 heavy (non-hydrogen) atoms. The first-order chi connectivity index (χ1) is 8.20. The van der Waals surface area contributed by atoms with E-state index in [4.69, 9.17) is 0 Å². The average Bonchev–Trinajstić information content (AvgIpc) is 3.17. The maximum absolute atomic E-state index is 11.8. The number of aromatic nitrogens is 2. The fourth-order valence-electron chi connectivity index (χ4n) is 2.40. The van der Waals surface area contributed by atoms with Gasteiger partial charge in [-0.25, -0.2) is 5.10 Å². The monoisotopic (exact) mass is 233 g/mol. The van der Waals surface area contributed by atoms with E-state index >= 15 is 0 Å². The van der Waals surface area contributed by atoms with Crippen molar-refractivity contribution in [3.8, 4) is 0 Å². The highest BCUT2D eigenvalue weighted by molar-refractivity contribution is 5.92. The van der Waals surface area contributed by atoms with Crippen LogP contribution in [0.25, 0.3) is 0 Å². The van der Waals surface area contributed by atoms with Crippen LogP contribution in [0.3, 0.4) is 0 Å². The minimum Gasteiger partial charge on any atom is -0.350 e. The molecule has 2 aliphatic rings. The van der Waals surface area contributed by atoms with Gasteiger partial charge in [-0.15, -0.1) is 0 Å². The highest BCUT2D eigenvalue weighted by Crippen LogP contribution is 2.60. The molecule has 0 aromatic carbocycles. The second kappa shape index (κ2) is 3.68. The number of nitrogens with zero attached hydrogens (tertiary/aromatic N) is 1. The lowest BCUT2D eigenvalue weighted by atomic mass is 10.0. The van der Waals surface area contributed by atoms with E-state index in [-0.39, 0.29) is 17.2 Å². The summed E-state index contributed by atoms with van der Waals surface area (Å²) in [5.41, 5.74) is 0.368. The molecule has 1 amide bonds. The molecule has 0 aliphatic heterocycles. The summed E-state index contributed by atoms with van der Waals surface area (Å²) < 4.78 is 0. The van der Waals surface area contributed by atoms with Gasteiger partial charge in [-0.05, 0) is 43.1 Å². The molecule has 2 N–H and O–H groups in total. The van der Waals surface area contributed by atoms with Crippen LogP contribution in [0.15, 0.2) is 16.9 Å². The van der Waals surface area contributed by atoms with Crippen LogP contribution < -0.4 is 10.9 Å². The number of nitrogens with one attached hydrogen (secondary N) is 2. The maximum atomic E-state index is 11.8. The van der Waals surface area contributed by atoms with Gasteiger partial charge in [0.05, 0.1) is 0 Å². The van der Waals surface area contributed by atoms with E-state index in [0.717, 1.165) is 12.5 Å². The molecule has 0 saturated heterocycles. The Morgan fingerprint density at radius 3 is 2.76 bits per heavy atom. The summed E-state index contributed by atoms with van der Waals surface area (Å²) >= 11 is 0. The van der Waals surface area contributed by atoms with Gasteiger partial charge in [-0.1, -0.05) is 0 Å². The van der Waals surface area contributed by atoms with Crippen LogP contribution in [0.1, 0.15) is 36.2 Å². The molecule has 1 aromatic heterocycles. The van der Waals surface area contributed by atoms with Crippen molar-refractivity contribution < 1.29 is 4.79 Å². The molecule has 5 nitrogen and oxygen atoms in total. The fraction of sp³-hybridized carbons (Fsp3) is 0.583. The first-order valence-electron chi connectivity index (χ1n) is 6.04. The van der Waals surface area contributed by atoms with Gasteiger partial charge in [0.25, 0.3) is 11.5 Å². The lowest BCUT2D eigenvalue weighted by Gasteiger charge is -2.14. The molecule has 0 unspecified atom stereocenters. The Morgan fingerprint density at radius 2 is 2.24 bits per heavy atom. The van der Waals surface area contributed by atoms with Crippen LogP contribution in [0, 0.1) is 11.3 Å². The van der Waals surface area contributed by atoms with Gasteiger partial charge >= 0.3 is 0 Å². The van der Waals surface area contributed by atoms with E-state index in [0.29, 0.717) is 5.41 Å². The molecule has 1 aromatic rings. The Morgan fingerprint density at radius 1 is 1.47 bits per heavy atom. The van der Waals surface area contributed by atoms with Gasteiger partial charge in [0.15, 0.2) is 0 Å². The lowest BCUT2D eigenvalue weighted by molar-refractivity contribution is 0.0936. The van der Waals surface area contributed by atoms with Crippen molar-refractivity contribution >= 4 is 5.91 Å². The second-order valence-electron chi connectivity index (χ2n) is 5.13. The van der Waals surface area contributed by atoms with Crippen LogP contribution in [0.5, 0.6) is 0 Å². The number of hydrogen-bond donors (Lipinski definition) is 2. The largest absolute Gasteiger partial charge is 0.350 e. The van der Waals surface area contributed by atoms with Gasteiger partial charge in [0.2, 0.25) is 0 Å². The van der Waals surface area contributed by atoms with Crippen molar-refractivity contribution in [1.29, 1.82) is 0 Å². The van der Waals surface area contributed by atoms with Crippen molar-refractivity contribution in [2.75, 3.05) is 6.54 Å². The average molecular weight is 233 g/mol. The van der Waals surface area contributed by atoms with Crippen molar-refractivity contribution in [1.82, 2.24) is 15.5 Å². The number of carbonyl (C=O) groups excluding carboxylic acids is 1. The summed E-state index contributed by atoms with van der Waals surface area (Å²) in [6.45, 7) is 0.747. The summed E-state index contributed by atoms with van der Waals surface area (Å²) in [4.78, 5) is 22.6. The molecule has 1 heterocycles. The molecule has 5 heteroatoms. The number of carbonyl (C=O) groups is 1. The van der Waals surface area contributed by atoms with Crippen LogP contribution in [0.2, 0.25) is 0 Å². The zero-order valence-corrected chi connectivity index (χ0v) is 9.53. The summed E-state index contributed by atoms with van der Waals surface area (Å²) in [5.74, 6) is 0.625. The van der Waals surface area contributed by atoms with Crippen LogP contribution in [-0.4, -0.2) is 22.6 Å². The maximum Gasteiger partial charge on any atom is 0.271 e. The molecule has 2 saturated carbocycles. The summed E-state index contributed by atoms with van der Waals surface area (Å²) in [7, 11) is 0. The first kappa shape index (κ1) is 10.5. The standard InChI is InChI=1S/C12H15N3O2/c16-10-4-3-9(14-15-10)11(17)13-7-12(5-6-12)8-1-2-8/h3-4,8H,1-2,5-7H2,(H,13,17)(H,15,16). The third-order valence-electron chi connectivity index (χ3n) is 3.85. The Bertz CT molecular complexity index is 480. The molecular weight excluding hydrogens is 218 g/mol. The van der Waals surface area contributed by atoms with E-state index in [2.05, 4.69) is 15.5 Å². The predicted octanol–water partition coefficient (Wildman–Crippen LogP) is 0.690. The molecule has 90 valence electrons. The molecule has 2 fully saturated rings. The second-order valence-corrected chi connectivity index (χ2v) is 5.13. The number of aromatic amines is 1. The van der Waals surface area contributed by atoms with Crippen molar-refractivity contribution in [3.05, 3.63) is 28.2 Å². The van der Waals surface area contributed by atoms with Gasteiger partial charge in [-0.3, -0.25) is 9.59 Å². The SMILES string of the molecule is O=C(NCC1(C2CC2)CC1)c1ccc(=O)[nH]n1. The quantitative estimate of drug-likeness (QED) is 0.803. The minimum absolute atomic E-state index is 0.201. The number of hydrogen-bond acceptors (Lipinski definition) is 3. The predicted molar refractivity (Wildman–Crippen MR) is 61.6 cm³/mol. The zero-order valence-electron chi connectivity index (χ0n) is 9.53. The summed E-state index contributed by atoms with van der Waals surface area (Å²) in [5, 5.41) is 8.89. The molecule has 0 radical (unpaired) electrons. The first-order valence-corrected chi connectivity index (χ1v) is 6.04. The van der Waals surface area contributed by atoms with E-state index in [1.54, 1.807) is 0 Å². The third-order valence-corrected chi connectivity index (χ3v) is 3.85. The number of amides is 1. The number of H-pyrrole nitrogens is 1. The van der Waals surface area contributed by atoms with Gasteiger partial charge in [0, 0.05) is 12.6 Å². The Hall–Kier alpha value is -1.65. The fourth-order valence-corrected chi connectivity index (χ4v) is 2.40. The van der Waals surface area contributed by atoms with E-state index in [1.165, 1.54) is 37.8 Å². The molecule has 3 rings (SSSR count).